The largest absolute Gasteiger partial charge is 0.295 e. The molecule has 0 radical (unpaired) electrons. The summed E-state index contributed by atoms with van der Waals surface area (Å²) in [6.07, 6.45) is 5.43. The van der Waals surface area contributed by atoms with Crippen molar-refractivity contribution < 1.29 is 0 Å². The first-order valence-corrected chi connectivity index (χ1v) is 4.92. The average Bonchev–Trinajstić information content (AvgIpc) is 2.44. The molecule has 0 aromatic rings. The molecule has 0 bridgehead atoms. The zero-order valence-electron chi connectivity index (χ0n) is 8.35. The predicted molar refractivity (Wildman–Crippen MR) is 49.8 cm³/mol. The summed E-state index contributed by atoms with van der Waals surface area (Å²) >= 11 is 0. The highest BCUT2D eigenvalue weighted by Gasteiger charge is 2.55. The lowest BCUT2D eigenvalue weighted by atomic mass is 9.94. The normalized spacial score (nSPS) is 33.8. The van der Waals surface area contributed by atoms with E-state index in [1.165, 1.54) is 25.7 Å². The number of hydrogen-bond donors (Lipinski definition) is 0. The number of hydrogen-bond acceptors (Lipinski definition) is 1. The zero-order valence-corrected chi connectivity index (χ0v) is 8.35. The molecule has 1 nitrogen and oxygen atoms in total. The van der Waals surface area contributed by atoms with E-state index in [1.54, 1.807) is 0 Å². The molecule has 1 saturated heterocycles. The minimum Gasteiger partial charge on any atom is -0.295 e. The molecule has 1 heterocycles. The van der Waals surface area contributed by atoms with Crippen molar-refractivity contribution in [3.63, 3.8) is 0 Å². The lowest BCUT2D eigenvalue weighted by Gasteiger charge is -2.13. The Balaban J connectivity index is 2.47. The maximum absolute atomic E-state index is 2.53. The molecule has 1 fully saturated rings. The van der Waals surface area contributed by atoms with E-state index in [-0.39, 0.29) is 0 Å². The van der Waals surface area contributed by atoms with Crippen LogP contribution >= 0.6 is 0 Å². The topological polar surface area (TPSA) is 3.01 Å². The lowest BCUT2D eigenvalue weighted by Crippen LogP contribution is -2.16. The molecule has 2 unspecified atom stereocenters. The Bertz CT molecular complexity index is 115. The van der Waals surface area contributed by atoms with Crippen molar-refractivity contribution in [3.8, 4) is 0 Å². The molecule has 1 rings (SSSR count). The molecule has 0 spiro atoms. The SMILES string of the molecule is CCCC1(CCC)C(C)N1C. The van der Waals surface area contributed by atoms with Crippen LogP contribution in [0.3, 0.4) is 0 Å². The minimum absolute atomic E-state index is 0.601. The van der Waals surface area contributed by atoms with Gasteiger partial charge >= 0.3 is 0 Å². The Morgan fingerprint density at radius 1 is 1.18 bits per heavy atom. The van der Waals surface area contributed by atoms with Crippen LogP contribution in [0.2, 0.25) is 0 Å². The van der Waals surface area contributed by atoms with Crippen LogP contribution in [-0.4, -0.2) is 23.5 Å². The Kier molecular flexibility index (Phi) is 2.58. The highest BCUT2D eigenvalue weighted by molar-refractivity contribution is 5.12. The Hall–Kier alpha value is -0.0400. The maximum atomic E-state index is 2.53. The number of likely N-dealkylation sites (N-methyl/N-ethyl adjacent to an activating group) is 1. The second-order valence-corrected chi connectivity index (χ2v) is 3.89. The third kappa shape index (κ3) is 1.31. The van der Waals surface area contributed by atoms with E-state index in [1.807, 2.05) is 0 Å². The maximum Gasteiger partial charge on any atom is 0.0362 e. The highest BCUT2D eigenvalue weighted by Crippen LogP contribution is 2.46. The van der Waals surface area contributed by atoms with Crippen molar-refractivity contribution in [3.05, 3.63) is 0 Å². The van der Waals surface area contributed by atoms with Crippen LogP contribution in [-0.2, 0) is 0 Å². The number of nitrogens with zero attached hydrogens (tertiary/aromatic N) is 1. The van der Waals surface area contributed by atoms with Gasteiger partial charge in [0.25, 0.3) is 0 Å². The standard InChI is InChI=1S/C10H21N/c1-5-7-10(8-6-2)9(3)11(10)4/h9H,5-8H2,1-4H3. The fourth-order valence-corrected chi connectivity index (χ4v) is 2.48. The van der Waals surface area contributed by atoms with Crippen LogP contribution in [0, 0.1) is 0 Å². The molecule has 0 aromatic heterocycles. The van der Waals surface area contributed by atoms with Gasteiger partial charge in [-0.2, -0.15) is 0 Å². The zero-order chi connectivity index (χ0) is 8.48. The van der Waals surface area contributed by atoms with E-state index in [2.05, 4.69) is 32.7 Å². The molecule has 0 amide bonds. The van der Waals surface area contributed by atoms with E-state index < -0.39 is 0 Å². The summed E-state index contributed by atoms with van der Waals surface area (Å²) < 4.78 is 0. The summed E-state index contributed by atoms with van der Waals surface area (Å²) in [5.41, 5.74) is 0.601. The predicted octanol–water partition coefficient (Wildman–Crippen LogP) is 2.66. The first-order valence-electron chi connectivity index (χ1n) is 4.92. The lowest BCUT2D eigenvalue weighted by molar-refractivity contribution is 0.401. The molecule has 2 atom stereocenters. The fraction of sp³-hybridized carbons (Fsp3) is 1.00. The molecule has 0 N–H and O–H groups in total. The fourth-order valence-electron chi connectivity index (χ4n) is 2.48. The monoisotopic (exact) mass is 155 g/mol. The van der Waals surface area contributed by atoms with Crippen LogP contribution < -0.4 is 0 Å². The van der Waals surface area contributed by atoms with Gasteiger partial charge in [0.1, 0.15) is 0 Å². The molecule has 1 heteroatoms. The van der Waals surface area contributed by atoms with Crippen molar-refractivity contribution in [2.45, 2.75) is 58.0 Å². The quantitative estimate of drug-likeness (QED) is 0.564. The van der Waals surface area contributed by atoms with Gasteiger partial charge in [0.05, 0.1) is 0 Å². The molecular formula is C10H21N. The van der Waals surface area contributed by atoms with E-state index in [4.69, 9.17) is 0 Å². The summed E-state index contributed by atoms with van der Waals surface area (Å²) in [5, 5.41) is 0. The van der Waals surface area contributed by atoms with Gasteiger partial charge in [0, 0.05) is 11.6 Å². The van der Waals surface area contributed by atoms with Gasteiger partial charge in [-0.05, 0) is 26.8 Å². The van der Waals surface area contributed by atoms with Crippen LogP contribution in [0.15, 0.2) is 0 Å². The van der Waals surface area contributed by atoms with Crippen molar-refractivity contribution in [1.82, 2.24) is 4.90 Å². The van der Waals surface area contributed by atoms with Gasteiger partial charge in [-0.3, -0.25) is 4.90 Å². The van der Waals surface area contributed by atoms with Crippen molar-refractivity contribution >= 4 is 0 Å². The number of rotatable bonds is 4. The molecule has 0 aromatic carbocycles. The Morgan fingerprint density at radius 2 is 1.55 bits per heavy atom. The summed E-state index contributed by atoms with van der Waals surface area (Å²) in [6, 6.07) is 0.836. The van der Waals surface area contributed by atoms with Crippen molar-refractivity contribution in [2.24, 2.45) is 0 Å². The summed E-state index contributed by atoms with van der Waals surface area (Å²) in [5.74, 6) is 0. The van der Waals surface area contributed by atoms with Crippen LogP contribution in [0.1, 0.15) is 46.5 Å². The van der Waals surface area contributed by atoms with Gasteiger partial charge in [0.2, 0.25) is 0 Å². The highest BCUT2D eigenvalue weighted by atomic mass is 15.4. The average molecular weight is 155 g/mol. The first-order chi connectivity index (χ1) is 5.19. The van der Waals surface area contributed by atoms with E-state index >= 15 is 0 Å². The van der Waals surface area contributed by atoms with Crippen molar-refractivity contribution in [1.29, 1.82) is 0 Å². The van der Waals surface area contributed by atoms with Gasteiger partial charge in [-0.15, -0.1) is 0 Å². The minimum atomic E-state index is 0.601. The van der Waals surface area contributed by atoms with Gasteiger partial charge < -0.3 is 0 Å². The third-order valence-corrected chi connectivity index (χ3v) is 3.36. The van der Waals surface area contributed by atoms with E-state index in [0.29, 0.717) is 5.54 Å². The van der Waals surface area contributed by atoms with Gasteiger partial charge in [-0.25, -0.2) is 0 Å². The summed E-state index contributed by atoms with van der Waals surface area (Å²) in [6.45, 7) is 6.93. The smallest absolute Gasteiger partial charge is 0.0362 e. The molecule has 1 aliphatic heterocycles. The van der Waals surface area contributed by atoms with E-state index in [9.17, 15) is 0 Å². The van der Waals surface area contributed by atoms with Gasteiger partial charge in [-0.1, -0.05) is 26.7 Å². The summed E-state index contributed by atoms with van der Waals surface area (Å²) in [4.78, 5) is 2.53. The Morgan fingerprint density at radius 3 is 1.73 bits per heavy atom. The van der Waals surface area contributed by atoms with Crippen LogP contribution in [0.5, 0.6) is 0 Å². The molecule has 66 valence electrons. The third-order valence-electron chi connectivity index (χ3n) is 3.36. The van der Waals surface area contributed by atoms with Gasteiger partial charge in [0.15, 0.2) is 0 Å². The molecule has 0 saturated carbocycles. The molecule has 11 heavy (non-hydrogen) atoms. The van der Waals surface area contributed by atoms with Crippen LogP contribution in [0.25, 0.3) is 0 Å². The van der Waals surface area contributed by atoms with Crippen molar-refractivity contribution in [2.75, 3.05) is 7.05 Å². The van der Waals surface area contributed by atoms with E-state index in [0.717, 1.165) is 6.04 Å². The first kappa shape index (κ1) is 9.05. The second-order valence-electron chi connectivity index (χ2n) is 3.89. The Labute approximate surface area is 70.8 Å². The second kappa shape index (κ2) is 3.14. The molecular weight excluding hydrogens is 134 g/mol. The molecule has 0 aliphatic carbocycles. The molecule has 1 aliphatic rings. The van der Waals surface area contributed by atoms with Crippen LogP contribution in [0.4, 0.5) is 0 Å². The summed E-state index contributed by atoms with van der Waals surface area (Å²) in [7, 11) is 2.26.